The number of aliphatic hydroxyl groups is 1. The zero-order valence-electron chi connectivity index (χ0n) is 16.2. The molecule has 0 amide bonds. The maximum atomic E-state index is 13.0. The zero-order chi connectivity index (χ0) is 18.6. The van der Waals surface area contributed by atoms with Crippen LogP contribution in [-0.2, 0) is 15.1 Å². The van der Waals surface area contributed by atoms with Crippen molar-refractivity contribution in [2.45, 2.75) is 76.5 Å². The second-order valence-electron chi connectivity index (χ2n) is 8.12. The van der Waals surface area contributed by atoms with Crippen molar-refractivity contribution in [2.24, 2.45) is 5.92 Å². The summed E-state index contributed by atoms with van der Waals surface area (Å²) in [7, 11) is 0. The molecule has 0 aromatic heterocycles. The zero-order valence-corrected chi connectivity index (χ0v) is 16.2. The first-order valence-electron chi connectivity index (χ1n) is 10.2. The van der Waals surface area contributed by atoms with E-state index in [1.165, 1.54) is 19.3 Å². The summed E-state index contributed by atoms with van der Waals surface area (Å²) in [5.41, 5.74) is -0.857. The van der Waals surface area contributed by atoms with Gasteiger partial charge in [-0.05, 0) is 45.1 Å². The minimum atomic E-state index is -1.52. The van der Waals surface area contributed by atoms with E-state index in [0.717, 1.165) is 32.2 Å². The fourth-order valence-corrected chi connectivity index (χ4v) is 4.78. The molecule has 1 N–H and O–H groups in total. The third-order valence-electron chi connectivity index (χ3n) is 6.44. The van der Waals surface area contributed by atoms with Crippen LogP contribution in [0.25, 0.3) is 0 Å². The monoisotopic (exact) mass is 359 g/mol. The summed E-state index contributed by atoms with van der Waals surface area (Å²) in [6.07, 6.45) is 7.46. The average molecular weight is 360 g/mol. The fraction of sp³-hybridized carbons (Fsp3) is 0.682. The molecule has 3 atom stereocenters. The second kappa shape index (κ2) is 8.53. The van der Waals surface area contributed by atoms with Crippen LogP contribution in [0, 0.1) is 5.92 Å². The number of benzene rings is 1. The van der Waals surface area contributed by atoms with Crippen molar-refractivity contribution in [1.29, 1.82) is 0 Å². The number of carbonyl (C=O) groups is 1. The Morgan fingerprint density at radius 1 is 1.08 bits per heavy atom. The van der Waals surface area contributed by atoms with E-state index >= 15 is 0 Å². The van der Waals surface area contributed by atoms with Crippen LogP contribution in [0.3, 0.4) is 0 Å². The van der Waals surface area contributed by atoms with Gasteiger partial charge in [-0.1, -0.05) is 49.6 Å². The SMILES string of the molecule is CC1CCC(C)N1CCOC(=O)C(O)(c1ccccc1)C1CCCCC1. The number of likely N-dealkylation sites (tertiary alicyclic amines) is 1. The summed E-state index contributed by atoms with van der Waals surface area (Å²) in [4.78, 5) is 15.4. The Hall–Kier alpha value is -1.39. The van der Waals surface area contributed by atoms with Crippen molar-refractivity contribution in [3.63, 3.8) is 0 Å². The Morgan fingerprint density at radius 3 is 2.31 bits per heavy atom. The molecule has 4 heteroatoms. The second-order valence-corrected chi connectivity index (χ2v) is 8.12. The number of esters is 1. The van der Waals surface area contributed by atoms with Crippen LogP contribution in [0.5, 0.6) is 0 Å². The number of nitrogens with zero attached hydrogens (tertiary/aromatic N) is 1. The number of carbonyl (C=O) groups excluding carboxylic acids is 1. The summed E-state index contributed by atoms with van der Waals surface area (Å²) in [5.74, 6) is -0.536. The first-order chi connectivity index (χ1) is 12.5. The van der Waals surface area contributed by atoms with E-state index in [0.29, 0.717) is 24.3 Å². The Labute approximate surface area is 157 Å². The van der Waals surface area contributed by atoms with E-state index in [9.17, 15) is 9.90 Å². The minimum Gasteiger partial charge on any atom is -0.462 e. The molecule has 144 valence electrons. The maximum Gasteiger partial charge on any atom is 0.343 e. The summed E-state index contributed by atoms with van der Waals surface area (Å²) in [5, 5.41) is 11.5. The highest BCUT2D eigenvalue weighted by Crippen LogP contribution is 2.40. The smallest absolute Gasteiger partial charge is 0.343 e. The van der Waals surface area contributed by atoms with Gasteiger partial charge in [-0.3, -0.25) is 4.90 Å². The number of rotatable bonds is 6. The molecule has 2 aliphatic rings. The van der Waals surface area contributed by atoms with Crippen molar-refractivity contribution in [3.05, 3.63) is 35.9 Å². The van der Waals surface area contributed by atoms with E-state index < -0.39 is 11.6 Å². The van der Waals surface area contributed by atoms with E-state index in [2.05, 4.69) is 18.7 Å². The first-order valence-corrected chi connectivity index (χ1v) is 10.2. The molecule has 0 spiro atoms. The van der Waals surface area contributed by atoms with E-state index in [1.807, 2.05) is 30.3 Å². The van der Waals surface area contributed by atoms with Crippen LogP contribution in [0.15, 0.2) is 30.3 Å². The molecule has 3 unspecified atom stereocenters. The van der Waals surface area contributed by atoms with E-state index in [4.69, 9.17) is 4.74 Å². The molecular formula is C22H33NO3. The molecule has 4 nitrogen and oxygen atoms in total. The van der Waals surface area contributed by atoms with Crippen molar-refractivity contribution in [2.75, 3.05) is 13.2 Å². The van der Waals surface area contributed by atoms with Gasteiger partial charge in [-0.2, -0.15) is 0 Å². The largest absolute Gasteiger partial charge is 0.462 e. The third kappa shape index (κ3) is 3.96. The molecule has 1 aliphatic carbocycles. The maximum absolute atomic E-state index is 13.0. The van der Waals surface area contributed by atoms with Gasteiger partial charge in [-0.25, -0.2) is 4.79 Å². The van der Waals surface area contributed by atoms with Crippen molar-refractivity contribution in [1.82, 2.24) is 4.90 Å². The summed E-state index contributed by atoms with van der Waals surface area (Å²) < 4.78 is 5.64. The molecule has 1 aromatic carbocycles. The predicted molar refractivity (Wildman–Crippen MR) is 103 cm³/mol. The number of hydrogen-bond donors (Lipinski definition) is 1. The summed E-state index contributed by atoms with van der Waals surface area (Å²) in [6.45, 7) is 5.54. The molecule has 1 aliphatic heterocycles. The first kappa shape index (κ1) is 19.4. The lowest BCUT2D eigenvalue weighted by Gasteiger charge is -2.37. The third-order valence-corrected chi connectivity index (χ3v) is 6.44. The van der Waals surface area contributed by atoms with Gasteiger partial charge in [0, 0.05) is 24.5 Å². The molecule has 1 aromatic rings. The van der Waals surface area contributed by atoms with Gasteiger partial charge in [0.1, 0.15) is 6.61 Å². The van der Waals surface area contributed by atoms with Crippen molar-refractivity contribution < 1.29 is 14.6 Å². The number of ether oxygens (including phenoxy) is 1. The molecular weight excluding hydrogens is 326 g/mol. The standard InChI is InChI=1S/C22H33NO3/c1-17-13-14-18(2)23(17)15-16-26-21(24)22(25,19-9-5-3-6-10-19)20-11-7-4-8-12-20/h3,5-6,9-10,17-18,20,25H,4,7-8,11-16H2,1-2H3. The van der Waals surface area contributed by atoms with Crippen LogP contribution < -0.4 is 0 Å². The Morgan fingerprint density at radius 2 is 1.69 bits per heavy atom. The van der Waals surface area contributed by atoms with Crippen molar-refractivity contribution in [3.8, 4) is 0 Å². The molecule has 1 heterocycles. The predicted octanol–water partition coefficient (Wildman–Crippen LogP) is 3.87. The highest BCUT2D eigenvalue weighted by atomic mass is 16.5. The molecule has 1 saturated heterocycles. The Bertz CT molecular complexity index is 574. The highest BCUT2D eigenvalue weighted by molar-refractivity contribution is 5.81. The molecule has 0 radical (unpaired) electrons. The van der Waals surface area contributed by atoms with Crippen LogP contribution in [0.2, 0.25) is 0 Å². The van der Waals surface area contributed by atoms with Gasteiger partial charge in [0.2, 0.25) is 0 Å². The molecule has 0 bridgehead atoms. The lowest BCUT2D eigenvalue weighted by Crippen LogP contribution is -2.46. The molecule has 2 fully saturated rings. The van der Waals surface area contributed by atoms with Gasteiger partial charge in [-0.15, -0.1) is 0 Å². The summed E-state index contributed by atoms with van der Waals surface area (Å²) in [6, 6.07) is 10.4. The quantitative estimate of drug-likeness (QED) is 0.784. The van der Waals surface area contributed by atoms with Gasteiger partial charge in [0.15, 0.2) is 5.60 Å². The summed E-state index contributed by atoms with van der Waals surface area (Å²) >= 11 is 0. The van der Waals surface area contributed by atoms with E-state index in [-0.39, 0.29) is 5.92 Å². The van der Waals surface area contributed by atoms with Crippen LogP contribution in [0.1, 0.15) is 64.4 Å². The van der Waals surface area contributed by atoms with E-state index in [1.54, 1.807) is 0 Å². The number of hydrogen-bond acceptors (Lipinski definition) is 4. The van der Waals surface area contributed by atoms with Crippen molar-refractivity contribution >= 4 is 5.97 Å². The van der Waals surface area contributed by atoms with Gasteiger partial charge < -0.3 is 9.84 Å². The normalized spacial score (nSPS) is 27.2. The minimum absolute atomic E-state index is 0.0595. The topological polar surface area (TPSA) is 49.8 Å². The van der Waals surface area contributed by atoms with Gasteiger partial charge >= 0.3 is 5.97 Å². The lowest BCUT2D eigenvalue weighted by atomic mass is 9.73. The highest BCUT2D eigenvalue weighted by Gasteiger charge is 2.47. The molecule has 26 heavy (non-hydrogen) atoms. The lowest BCUT2D eigenvalue weighted by molar-refractivity contribution is -0.176. The van der Waals surface area contributed by atoms with Crippen LogP contribution >= 0.6 is 0 Å². The fourth-order valence-electron chi connectivity index (χ4n) is 4.78. The van der Waals surface area contributed by atoms with Crippen LogP contribution in [-0.4, -0.2) is 41.2 Å². The van der Waals surface area contributed by atoms with Gasteiger partial charge in [0.25, 0.3) is 0 Å². The average Bonchev–Trinajstić information content (AvgIpc) is 3.00. The molecule has 1 saturated carbocycles. The van der Waals surface area contributed by atoms with Crippen LogP contribution in [0.4, 0.5) is 0 Å². The molecule has 3 rings (SSSR count). The van der Waals surface area contributed by atoms with Gasteiger partial charge in [0.05, 0.1) is 0 Å². The Kier molecular flexibility index (Phi) is 6.36. The Balaban J connectivity index is 1.69.